The Morgan fingerprint density at radius 3 is 2.47 bits per heavy atom. The van der Waals surface area contributed by atoms with Crippen LogP contribution in [0.3, 0.4) is 0 Å². The predicted molar refractivity (Wildman–Crippen MR) is 80.0 cm³/mol. The lowest BCUT2D eigenvalue weighted by molar-refractivity contribution is 0.359. The zero-order valence-corrected chi connectivity index (χ0v) is 12.3. The number of para-hydroxylation sites is 2. The molecule has 1 aliphatic rings. The fraction of sp³-hybridized carbons (Fsp3) is 0.571. The average molecular weight is 282 g/mol. The third-order valence-corrected chi connectivity index (χ3v) is 4.11. The minimum absolute atomic E-state index is 0.436. The lowest BCUT2D eigenvalue weighted by atomic mass is 9.87. The van der Waals surface area contributed by atoms with Gasteiger partial charge in [-0.05, 0) is 30.9 Å². The fourth-order valence-corrected chi connectivity index (χ4v) is 3.26. The van der Waals surface area contributed by atoms with Crippen molar-refractivity contribution >= 4 is 21.4 Å². The maximum absolute atomic E-state index is 11.4. The first-order chi connectivity index (χ1) is 8.94. The molecule has 0 bridgehead atoms. The first-order valence-corrected chi connectivity index (χ1v) is 8.66. The van der Waals surface area contributed by atoms with E-state index in [1.54, 1.807) is 6.07 Å². The first kappa shape index (κ1) is 14.2. The van der Waals surface area contributed by atoms with Crippen LogP contribution >= 0.6 is 0 Å². The van der Waals surface area contributed by atoms with Gasteiger partial charge >= 0.3 is 0 Å². The summed E-state index contributed by atoms with van der Waals surface area (Å²) in [6, 6.07) is 7.90. The highest BCUT2D eigenvalue weighted by atomic mass is 32.2. The summed E-state index contributed by atoms with van der Waals surface area (Å²) in [7, 11) is -3.24. The molecule has 0 saturated heterocycles. The number of sulfonamides is 1. The molecule has 2 atom stereocenters. The van der Waals surface area contributed by atoms with Crippen molar-refractivity contribution in [3.63, 3.8) is 0 Å². The maximum Gasteiger partial charge on any atom is 0.229 e. The summed E-state index contributed by atoms with van der Waals surface area (Å²) < 4.78 is 25.3. The van der Waals surface area contributed by atoms with E-state index in [0.29, 0.717) is 11.7 Å². The van der Waals surface area contributed by atoms with Crippen LogP contribution in [0.1, 0.15) is 32.6 Å². The molecule has 2 unspecified atom stereocenters. The van der Waals surface area contributed by atoms with Crippen molar-refractivity contribution in [1.29, 1.82) is 0 Å². The van der Waals surface area contributed by atoms with Gasteiger partial charge in [-0.15, -0.1) is 0 Å². The molecule has 1 aromatic carbocycles. The molecule has 0 amide bonds. The highest BCUT2D eigenvalue weighted by Crippen LogP contribution is 2.29. The molecule has 1 aliphatic carbocycles. The molecule has 1 fully saturated rings. The van der Waals surface area contributed by atoms with E-state index in [1.807, 2.05) is 18.2 Å². The van der Waals surface area contributed by atoms with Gasteiger partial charge in [-0.25, -0.2) is 8.42 Å². The molecule has 0 aliphatic heterocycles. The molecule has 5 heteroatoms. The van der Waals surface area contributed by atoms with Crippen LogP contribution in [0.15, 0.2) is 24.3 Å². The quantitative estimate of drug-likeness (QED) is 0.892. The lowest BCUT2D eigenvalue weighted by Gasteiger charge is -2.29. The number of anilines is 2. The smallest absolute Gasteiger partial charge is 0.229 e. The molecule has 0 aromatic heterocycles. The number of nitrogens with one attached hydrogen (secondary N) is 2. The number of hydrogen-bond acceptors (Lipinski definition) is 3. The van der Waals surface area contributed by atoms with E-state index < -0.39 is 10.0 Å². The average Bonchev–Trinajstić information content (AvgIpc) is 2.30. The Bertz CT molecular complexity index is 528. The summed E-state index contributed by atoms with van der Waals surface area (Å²) >= 11 is 0. The van der Waals surface area contributed by atoms with Crippen LogP contribution < -0.4 is 10.0 Å². The van der Waals surface area contributed by atoms with E-state index >= 15 is 0 Å². The zero-order valence-electron chi connectivity index (χ0n) is 11.5. The van der Waals surface area contributed by atoms with Gasteiger partial charge in [0.25, 0.3) is 0 Å². The van der Waals surface area contributed by atoms with Crippen molar-refractivity contribution in [2.45, 2.75) is 38.6 Å². The molecular formula is C14H22N2O2S. The SMILES string of the molecule is CC1CCCC(Nc2ccccc2NS(C)(=O)=O)C1. The van der Waals surface area contributed by atoms with Crippen molar-refractivity contribution in [3.8, 4) is 0 Å². The van der Waals surface area contributed by atoms with Crippen LogP contribution in [-0.4, -0.2) is 20.7 Å². The Hall–Kier alpha value is -1.23. The second-order valence-electron chi connectivity index (χ2n) is 5.53. The number of benzene rings is 1. The molecule has 19 heavy (non-hydrogen) atoms. The summed E-state index contributed by atoms with van der Waals surface area (Å²) in [5.41, 5.74) is 1.50. The minimum atomic E-state index is -3.24. The van der Waals surface area contributed by atoms with Gasteiger partial charge < -0.3 is 5.32 Å². The second kappa shape index (κ2) is 5.82. The van der Waals surface area contributed by atoms with Gasteiger partial charge in [0.15, 0.2) is 0 Å². The van der Waals surface area contributed by atoms with E-state index in [-0.39, 0.29) is 0 Å². The van der Waals surface area contributed by atoms with E-state index in [1.165, 1.54) is 19.1 Å². The Morgan fingerprint density at radius 1 is 1.16 bits per heavy atom. The fourth-order valence-electron chi connectivity index (χ4n) is 2.68. The second-order valence-corrected chi connectivity index (χ2v) is 7.28. The lowest BCUT2D eigenvalue weighted by Crippen LogP contribution is -2.26. The summed E-state index contributed by atoms with van der Waals surface area (Å²) in [6.45, 7) is 2.27. The minimum Gasteiger partial charge on any atom is -0.381 e. The Balaban J connectivity index is 2.11. The van der Waals surface area contributed by atoms with Crippen molar-refractivity contribution in [1.82, 2.24) is 0 Å². The molecule has 2 N–H and O–H groups in total. The van der Waals surface area contributed by atoms with Crippen LogP contribution in [0.5, 0.6) is 0 Å². The first-order valence-electron chi connectivity index (χ1n) is 6.77. The standard InChI is InChI=1S/C14H22N2O2S/c1-11-6-5-7-12(10-11)15-13-8-3-4-9-14(13)16-19(2,17)18/h3-4,8-9,11-12,15-16H,5-7,10H2,1-2H3. The van der Waals surface area contributed by atoms with E-state index in [4.69, 9.17) is 0 Å². The van der Waals surface area contributed by atoms with Crippen LogP contribution in [0.2, 0.25) is 0 Å². The predicted octanol–water partition coefficient (Wildman–Crippen LogP) is 3.05. The normalized spacial score (nSPS) is 23.9. The summed E-state index contributed by atoms with van der Waals surface area (Å²) in [4.78, 5) is 0. The van der Waals surface area contributed by atoms with Gasteiger partial charge in [0.05, 0.1) is 17.6 Å². The largest absolute Gasteiger partial charge is 0.381 e. The van der Waals surface area contributed by atoms with Gasteiger partial charge in [-0.3, -0.25) is 4.72 Å². The van der Waals surface area contributed by atoms with Crippen LogP contribution in [0.4, 0.5) is 11.4 Å². The van der Waals surface area contributed by atoms with Gasteiger partial charge in [-0.2, -0.15) is 0 Å². The number of rotatable bonds is 4. The van der Waals surface area contributed by atoms with Gasteiger partial charge in [-0.1, -0.05) is 31.9 Å². The molecule has 0 heterocycles. The molecule has 4 nitrogen and oxygen atoms in total. The third kappa shape index (κ3) is 4.42. The monoisotopic (exact) mass is 282 g/mol. The zero-order chi connectivity index (χ0) is 13.9. The molecule has 1 aromatic rings. The van der Waals surface area contributed by atoms with Crippen molar-refractivity contribution in [3.05, 3.63) is 24.3 Å². The van der Waals surface area contributed by atoms with E-state index in [0.717, 1.165) is 24.4 Å². The molecule has 1 saturated carbocycles. The van der Waals surface area contributed by atoms with Crippen molar-refractivity contribution in [2.24, 2.45) is 5.92 Å². The van der Waals surface area contributed by atoms with E-state index in [2.05, 4.69) is 17.0 Å². The third-order valence-electron chi connectivity index (χ3n) is 3.52. The van der Waals surface area contributed by atoms with Crippen molar-refractivity contribution < 1.29 is 8.42 Å². The summed E-state index contributed by atoms with van der Waals surface area (Å²) in [6.07, 6.45) is 6.00. The Morgan fingerprint density at radius 2 is 1.84 bits per heavy atom. The highest BCUT2D eigenvalue weighted by Gasteiger charge is 2.19. The van der Waals surface area contributed by atoms with Crippen molar-refractivity contribution in [2.75, 3.05) is 16.3 Å². The highest BCUT2D eigenvalue weighted by molar-refractivity contribution is 7.92. The molecule has 2 rings (SSSR count). The summed E-state index contributed by atoms with van der Waals surface area (Å²) in [5.74, 6) is 0.737. The number of hydrogen-bond donors (Lipinski definition) is 2. The maximum atomic E-state index is 11.4. The van der Waals surface area contributed by atoms with Crippen LogP contribution in [0.25, 0.3) is 0 Å². The molecule has 106 valence electrons. The van der Waals surface area contributed by atoms with Crippen LogP contribution in [-0.2, 0) is 10.0 Å². The molecule has 0 radical (unpaired) electrons. The van der Waals surface area contributed by atoms with Gasteiger partial charge in [0.2, 0.25) is 10.0 Å². The van der Waals surface area contributed by atoms with Gasteiger partial charge in [0.1, 0.15) is 0 Å². The Labute approximate surface area is 115 Å². The molecular weight excluding hydrogens is 260 g/mol. The molecule has 0 spiro atoms. The Kier molecular flexibility index (Phi) is 4.34. The summed E-state index contributed by atoms with van der Waals surface area (Å²) in [5, 5.41) is 3.48. The topological polar surface area (TPSA) is 58.2 Å². The van der Waals surface area contributed by atoms with E-state index in [9.17, 15) is 8.42 Å². The van der Waals surface area contributed by atoms with Gasteiger partial charge in [0, 0.05) is 6.04 Å². The van der Waals surface area contributed by atoms with Crippen LogP contribution in [0, 0.1) is 5.92 Å².